The van der Waals surface area contributed by atoms with Crippen molar-refractivity contribution in [3.63, 3.8) is 0 Å². The predicted molar refractivity (Wildman–Crippen MR) is 148 cm³/mol. The van der Waals surface area contributed by atoms with Gasteiger partial charge in [0.05, 0.1) is 29.8 Å². The molecular weight excluding hydrogens is 534 g/mol. The number of benzene rings is 1. The number of alkyl halides is 2. The number of carbonyl (C=O) groups is 1. The van der Waals surface area contributed by atoms with E-state index in [-0.39, 0.29) is 23.6 Å². The molecule has 6 rings (SSSR count). The lowest BCUT2D eigenvalue weighted by Crippen LogP contribution is -2.44. The van der Waals surface area contributed by atoms with E-state index < -0.39 is 17.3 Å². The molecule has 0 spiro atoms. The van der Waals surface area contributed by atoms with Crippen molar-refractivity contribution in [2.45, 2.75) is 45.1 Å². The van der Waals surface area contributed by atoms with Gasteiger partial charge in [0.25, 0.3) is 5.91 Å². The summed E-state index contributed by atoms with van der Waals surface area (Å²) >= 11 is 0. The zero-order valence-electron chi connectivity index (χ0n) is 23.6. The molecule has 2 fully saturated rings. The molecule has 2 aliphatic heterocycles. The summed E-state index contributed by atoms with van der Waals surface area (Å²) in [6.45, 7) is 7.40. The van der Waals surface area contributed by atoms with Gasteiger partial charge in [-0.15, -0.1) is 0 Å². The number of piperidine rings is 1. The maximum Gasteiger partial charge on any atom is 0.302 e. The first-order chi connectivity index (χ1) is 19.4. The van der Waals surface area contributed by atoms with Gasteiger partial charge in [-0.05, 0) is 44.7 Å². The van der Waals surface area contributed by atoms with Crippen LogP contribution in [0.15, 0.2) is 24.3 Å². The first kappa shape index (κ1) is 27.5. The summed E-state index contributed by atoms with van der Waals surface area (Å²) in [5, 5.41) is 10.4. The number of halogens is 2. The van der Waals surface area contributed by atoms with E-state index in [0.29, 0.717) is 80.2 Å². The van der Waals surface area contributed by atoms with Gasteiger partial charge in [0.1, 0.15) is 0 Å². The van der Waals surface area contributed by atoms with Gasteiger partial charge < -0.3 is 24.2 Å². The van der Waals surface area contributed by atoms with Crippen LogP contribution >= 0.6 is 0 Å². The predicted octanol–water partition coefficient (Wildman–Crippen LogP) is 3.27. The van der Waals surface area contributed by atoms with Gasteiger partial charge >= 0.3 is 5.92 Å². The average Bonchev–Trinajstić information content (AvgIpc) is 3.51. The number of amides is 1. The molecule has 11 nitrogen and oxygen atoms in total. The van der Waals surface area contributed by atoms with Gasteiger partial charge in [0, 0.05) is 40.2 Å². The van der Waals surface area contributed by atoms with E-state index in [9.17, 15) is 18.7 Å². The average molecular weight is 569 g/mol. The van der Waals surface area contributed by atoms with Crippen LogP contribution in [0.5, 0.6) is 0 Å². The third kappa shape index (κ3) is 4.90. The smallest absolute Gasteiger partial charge is 0.302 e. The largest absolute Gasteiger partial charge is 0.390 e. The van der Waals surface area contributed by atoms with Crippen LogP contribution in [0, 0.1) is 5.92 Å². The van der Waals surface area contributed by atoms with E-state index in [0.717, 1.165) is 6.92 Å². The number of likely N-dealkylation sites (tertiary alicyclic amines) is 1. The third-order valence-corrected chi connectivity index (χ3v) is 8.13. The fourth-order valence-corrected chi connectivity index (χ4v) is 5.78. The molecule has 3 aromatic heterocycles. The Hall–Kier alpha value is -3.71. The number of aryl methyl sites for hydroxylation is 1. The molecule has 2 aliphatic rings. The van der Waals surface area contributed by atoms with Gasteiger partial charge in [-0.25, -0.2) is 9.97 Å². The van der Waals surface area contributed by atoms with E-state index in [4.69, 9.17) is 19.7 Å². The van der Waals surface area contributed by atoms with Crippen molar-refractivity contribution < 1.29 is 23.4 Å². The number of carbonyl (C=O) groups excluding carboxylic acids is 1. The standard InChI is InChI=1S/C28H34F2N8O3/c1-27(2,40)17-9-11-37(12-10-17)24(39)23-32-20-21(35(23)4)33-26(34-22(20)36-13-15-41-16-14-36)38-19-8-6-5-7-18(19)31-25(38)28(3,29)30/h5-8,17,40H,9-16H2,1-4H3. The number of morpholine rings is 1. The minimum Gasteiger partial charge on any atom is -0.390 e. The van der Waals surface area contributed by atoms with E-state index in [1.54, 1.807) is 54.6 Å². The van der Waals surface area contributed by atoms with Crippen LogP contribution < -0.4 is 4.90 Å². The summed E-state index contributed by atoms with van der Waals surface area (Å²) in [4.78, 5) is 35.8. The second kappa shape index (κ2) is 9.98. The molecule has 0 radical (unpaired) electrons. The summed E-state index contributed by atoms with van der Waals surface area (Å²) in [6, 6.07) is 6.87. The van der Waals surface area contributed by atoms with Gasteiger partial charge in [-0.3, -0.25) is 9.36 Å². The molecule has 1 N–H and O–H groups in total. The Morgan fingerprint density at radius 3 is 2.34 bits per heavy atom. The first-order valence-corrected chi connectivity index (χ1v) is 13.9. The number of hydrogen-bond donors (Lipinski definition) is 1. The van der Waals surface area contributed by atoms with Crippen LogP contribution in [-0.4, -0.2) is 90.0 Å². The molecule has 0 atom stereocenters. The minimum atomic E-state index is -3.26. The Kier molecular flexibility index (Phi) is 6.68. The maximum atomic E-state index is 14.9. The summed E-state index contributed by atoms with van der Waals surface area (Å²) in [5.41, 5.74) is 0.814. The molecule has 0 aliphatic carbocycles. The molecule has 4 aromatic rings. The van der Waals surface area contributed by atoms with Crippen molar-refractivity contribution in [1.29, 1.82) is 0 Å². The fourth-order valence-electron chi connectivity index (χ4n) is 5.78. The van der Waals surface area contributed by atoms with E-state index in [2.05, 4.69) is 4.98 Å². The monoisotopic (exact) mass is 568 g/mol. The highest BCUT2D eigenvalue weighted by Crippen LogP contribution is 2.34. The lowest BCUT2D eigenvalue weighted by atomic mass is 9.83. The number of rotatable bonds is 5. The SMILES string of the molecule is Cn1c(C(=O)N2CCC(C(C)(C)O)CC2)nc2c(N3CCOCC3)nc(-n3c(C(C)(F)F)nc4ccccc43)nc21. The van der Waals surface area contributed by atoms with Gasteiger partial charge in [-0.2, -0.15) is 18.7 Å². The minimum absolute atomic E-state index is 0.0252. The number of imidazole rings is 2. The Balaban J connectivity index is 1.49. The first-order valence-electron chi connectivity index (χ1n) is 13.9. The van der Waals surface area contributed by atoms with Crippen molar-refractivity contribution in [3.8, 4) is 5.95 Å². The molecule has 2 saturated heterocycles. The number of aliphatic hydroxyl groups is 1. The number of ether oxygens (including phenoxy) is 1. The van der Waals surface area contributed by atoms with Crippen molar-refractivity contribution in [3.05, 3.63) is 35.9 Å². The van der Waals surface area contributed by atoms with Crippen LogP contribution in [0.25, 0.3) is 28.1 Å². The Morgan fingerprint density at radius 2 is 1.68 bits per heavy atom. The summed E-state index contributed by atoms with van der Waals surface area (Å²) < 4.78 is 38.1. The van der Waals surface area contributed by atoms with Gasteiger partial charge in [-0.1, -0.05) is 12.1 Å². The van der Waals surface area contributed by atoms with Gasteiger partial charge in [0.2, 0.25) is 11.8 Å². The Bertz CT molecular complexity index is 1610. The summed E-state index contributed by atoms with van der Waals surface area (Å²) in [7, 11) is 1.70. The lowest BCUT2D eigenvalue weighted by Gasteiger charge is -2.37. The number of hydrogen-bond acceptors (Lipinski definition) is 8. The fraction of sp³-hybridized carbons (Fsp3) is 0.536. The Morgan fingerprint density at radius 1 is 1.00 bits per heavy atom. The molecule has 218 valence electrons. The molecule has 1 aromatic carbocycles. The molecular formula is C28H34F2N8O3. The summed E-state index contributed by atoms with van der Waals surface area (Å²) in [5.74, 6) is -3.21. The molecule has 0 saturated carbocycles. The van der Waals surface area contributed by atoms with E-state index in [1.807, 2.05) is 4.90 Å². The quantitative estimate of drug-likeness (QED) is 0.390. The Labute approximate surface area is 235 Å². The normalized spacial score (nSPS) is 17.6. The highest BCUT2D eigenvalue weighted by molar-refractivity contribution is 5.96. The number of aromatic nitrogens is 6. The lowest BCUT2D eigenvalue weighted by molar-refractivity contribution is -0.0110. The van der Waals surface area contributed by atoms with Crippen LogP contribution in [-0.2, 0) is 17.7 Å². The molecule has 0 unspecified atom stereocenters. The topological polar surface area (TPSA) is 114 Å². The van der Waals surface area contributed by atoms with Crippen molar-refractivity contribution in [2.75, 3.05) is 44.3 Å². The molecule has 0 bridgehead atoms. The second-order valence-corrected chi connectivity index (χ2v) is 11.5. The van der Waals surface area contributed by atoms with Crippen LogP contribution in [0.1, 0.15) is 50.1 Å². The van der Waals surface area contributed by atoms with Crippen LogP contribution in [0.3, 0.4) is 0 Å². The van der Waals surface area contributed by atoms with Crippen molar-refractivity contribution in [1.82, 2.24) is 34.0 Å². The number of anilines is 1. The van der Waals surface area contributed by atoms with Gasteiger partial charge in [0.15, 0.2) is 22.8 Å². The third-order valence-electron chi connectivity index (χ3n) is 8.13. The zero-order chi connectivity index (χ0) is 29.1. The molecule has 5 heterocycles. The number of fused-ring (bicyclic) bond motifs is 2. The molecule has 41 heavy (non-hydrogen) atoms. The summed E-state index contributed by atoms with van der Waals surface area (Å²) in [6.07, 6.45) is 1.37. The molecule has 1 amide bonds. The maximum absolute atomic E-state index is 14.9. The zero-order valence-corrected chi connectivity index (χ0v) is 23.6. The van der Waals surface area contributed by atoms with Crippen molar-refractivity contribution in [2.24, 2.45) is 13.0 Å². The van der Waals surface area contributed by atoms with E-state index in [1.165, 1.54) is 4.57 Å². The van der Waals surface area contributed by atoms with Crippen LogP contribution in [0.4, 0.5) is 14.6 Å². The number of nitrogens with zero attached hydrogens (tertiary/aromatic N) is 8. The van der Waals surface area contributed by atoms with Crippen molar-refractivity contribution >= 4 is 33.9 Å². The second-order valence-electron chi connectivity index (χ2n) is 11.5. The highest BCUT2D eigenvalue weighted by atomic mass is 19.3. The van der Waals surface area contributed by atoms with E-state index >= 15 is 0 Å². The number of para-hydroxylation sites is 2. The van der Waals surface area contributed by atoms with Crippen LogP contribution in [0.2, 0.25) is 0 Å². The molecule has 13 heteroatoms. The highest BCUT2D eigenvalue weighted by Gasteiger charge is 2.36.